The predicted molar refractivity (Wildman–Crippen MR) is 87.5 cm³/mol. The van der Waals surface area contributed by atoms with Crippen LogP contribution in [0.25, 0.3) is 5.69 Å². The number of aryl methyl sites for hydroxylation is 2. The number of hydrogen-bond acceptors (Lipinski definition) is 6. The second-order valence-electron chi connectivity index (χ2n) is 5.09. The number of hydrogen-bond donors (Lipinski definition) is 2. The molecule has 1 aromatic carbocycles. The lowest BCUT2D eigenvalue weighted by molar-refractivity contribution is 0.0696. The van der Waals surface area contributed by atoms with Crippen LogP contribution in [0.4, 0.5) is 5.69 Å². The topological polar surface area (TPSA) is 139 Å². The summed E-state index contributed by atoms with van der Waals surface area (Å²) >= 11 is 0. The van der Waals surface area contributed by atoms with Gasteiger partial charge < -0.3 is 10.4 Å². The van der Waals surface area contributed by atoms with E-state index in [0.29, 0.717) is 5.69 Å². The average molecular weight is 332 g/mol. The SMILES string of the molecule is Cc1cc(C)n(-c2ccc(NC(C#N)=C(C#N)C#N)cc2C(=O)O)n1. The first-order valence-electron chi connectivity index (χ1n) is 7.03. The van der Waals surface area contributed by atoms with Crippen molar-refractivity contribution in [3.63, 3.8) is 0 Å². The molecule has 25 heavy (non-hydrogen) atoms. The fourth-order valence-electron chi connectivity index (χ4n) is 2.27. The van der Waals surface area contributed by atoms with Crippen LogP contribution < -0.4 is 5.32 Å². The maximum atomic E-state index is 11.6. The van der Waals surface area contributed by atoms with E-state index in [1.165, 1.54) is 10.7 Å². The molecule has 1 aromatic heterocycles. The van der Waals surface area contributed by atoms with Gasteiger partial charge >= 0.3 is 5.97 Å². The molecule has 0 atom stereocenters. The molecule has 2 N–H and O–H groups in total. The van der Waals surface area contributed by atoms with Crippen molar-refractivity contribution in [2.45, 2.75) is 13.8 Å². The number of nitriles is 3. The summed E-state index contributed by atoms with van der Waals surface area (Å²) in [6.07, 6.45) is 0. The fourth-order valence-corrected chi connectivity index (χ4v) is 2.27. The van der Waals surface area contributed by atoms with Gasteiger partial charge in [-0.3, -0.25) is 0 Å². The van der Waals surface area contributed by atoms with E-state index >= 15 is 0 Å². The highest BCUT2D eigenvalue weighted by molar-refractivity contribution is 5.93. The summed E-state index contributed by atoms with van der Waals surface area (Å²) in [4.78, 5) is 11.6. The number of rotatable bonds is 4. The van der Waals surface area contributed by atoms with Crippen molar-refractivity contribution in [2.75, 3.05) is 5.32 Å². The number of nitrogens with zero attached hydrogens (tertiary/aromatic N) is 5. The summed E-state index contributed by atoms with van der Waals surface area (Å²) in [5, 5.41) is 43.1. The number of anilines is 1. The molecule has 0 amide bonds. The van der Waals surface area contributed by atoms with Crippen LogP contribution in [-0.4, -0.2) is 20.9 Å². The number of aromatic nitrogens is 2. The van der Waals surface area contributed by atoms with E-state index in [1.807, 2.05) is 6.07 Å². The largest absolute Gasteiger partial charge is 0.478 e. The molecule has 8 nitrogen and oxygen atoms in total. The minimum absolute atomic E-state index is 0.0380. The van der Waals surface area contributed by atoms with Crippen molar-refractivity contribution in [2.24, 2.45) is 0 Å². The monoisotopic (exact) mass is 332 g/mol. The molecule has 0 fully saturated rings. The van der Waals surface area contributed by atoms with Crippen molar-refractivity contribution in [3.05, 3.63) is 52.5 Å². The number of aromatic carboxylic acids is 1. The van der Waals surface area contributed by atoms with Gasteiger partial charge in [-0.05, 0) is 38.1 Å². The van der Waals surface area contributed by atoms with Crippen molar-refractivity contribution in [3.8, 4) is 23.9 Å². The van der Waals surface area contributed by atoms with E-state index < -0.39 is 5.97 Å². The number of nitrogens with one attached hydrogen (secondary N) is 1. The third kappa shape index (κ3) is 3.47. The highest BCUT2D eigenvalue weighted by atomic mass is 16.4. The first-order valence-corrected chi connectivity index (χ1v) is 7.03. The second kappa shape index (κ2) is 6.99. The molecule has 1 heterocycles. The molecule has 2 aromatic rings. The molecular weight excluding hydrogens is 320 g/mol. The van der Waals surface area contributed by atoms with E-state index in [1.54, 1.807) is 44.2 Å². The first kappa shape index (κ1) is 17.3. The molecule has 2 rings (SSSR count). The number of benzene rings is 1. The van der Waals surface area contributed by atoms with E-state index in [9.17, 15) is 9.90 Å². The Kier molecular flexibility index (Phi) is 4.83. The number of carbonyl (C=O) groups is 1. The highest BCUT2D eigenvalue weighted by Gasteiger charge is 2.16. The zero-order chi connectivity index (χ0) is 18.6. The summed E-state index contributed by atoms with van der Waals surface area (Å²) < 4.78 is 1.51. The van der Waals surface area contributed by atoms with E-state index in [2.05, 4.69) is 10.4 Å². The minimum Gasteiger partial charge on any atom is -0.478 e. The Morgan fingerprint density at radius 2 is 1.84 bits per heavy atom. The lowest BCUT2D eigenvalue weighted by Crippen LogP contribution is -2.09. The summed E-state index contributed by atoms with van der Waals surface area (Å²) in [5.41, 5.74) is 1.48. The van der Waals surface area contributed by atoms with E-state index in [0.717, 1.165) is 11.4 Å². The van der Waals surface area contributed by atoms with Gasteiger partial charge in [0.25, 0.3) is 0 Å². The van der Waals surface area contributed by atoms with Crippen molar-refractivity contribution < 1.29 is 9.90 Å². The molecule has 8 heteroatoms. The fraction of sp³-hybridized carbons (Fsp3) is 0.118. The number of carboxylic acid groups (broad SMARTS) is 1. The van der Waals surface area contributed by atoms with Crippen LogP contribution in [0.1, 0.15) is 21.7 Å². The third-order valence-corrected chi connectivity index (χ3v) is 3.32. The lowest BCUT2D eigenvalue weighted by atomic mass is 10.1. The molecule has 0 spiro atoms. The summed E-state index contributed by atoms with van der Waals surface area (Å²) in [5.74, 6) is -1.17. The zero-order valence-corrected chi connectivity index (χ0v) is 13.4. The zero-order valence-electron chi connectivity index (χ0n) is 13.4. The molecule has 122 valence electrons. The van der Waals surface area contributed by atoms with Gasteiger partial charge in [0.2, 0.25) is 0 Å². The predicted octanol–water partition coefficient (Wildman–Crippen LogP) is 2.42. The van der Waals surface area contributed by atoms with Crippen LogP contribution in [0, 0.1) is 47.8 Å². The van der Waals surface area contributed by atoms with Crippen LogP contribution in [0.2, 0.25) is 0 Å². The molecular formula is C17H12N6O2. The Balaban J connectivity index is 2.55. The van der Waals surface area contributed by atoms with Gasteiger partial charge in [-0.2, -0.15) is 20.9 Å². The van der Waals surface area contributed by atoms with Crippen molar-refractivity contribution in [1.29, 1.82) is 15.8 Å². The Morgan fingerprint density at radius 3 is 2.32 bits per heavy atom. The van der Waals surface area contributed by atoms with Crippen LogP contribution in [0.5, 0.6) is 0 Å². The minimum atomic E-state index is -1.17. The van der Waals surface area contributed by atoms with E-state index in [-0.39, 0.29) is 22.5 Å². The molecule has 0 bridgehead atoms. The van der Waals surface area contributed by atoms with Crippen LogP contribution in [0.3, 0.4) is 0 Å². The number of allylic oxidation sites excluding steroid dienone is 2. The normalized spacial score (nSPS) is 9.40. The molecule has 0 aliphatic rings. The lowest BCUT2D eigenvalue weighted by Gasteiger charge is -2.11. The molecule has 0 saturated heterocycles. The number of carboxylic acids is 1. The Hall–Kier alpha value is -4.09. The average Bonchev–Trinajstić information content (AvgIpc) is 2.92. The Labute approximate surface area is 143 Å². The van der Waals surface area contributed by atoms with Gasteiger partial charge in [0.05, 0.1) is 16.9 Å². The van der Waals surface area contributed by atoms with Crippen LogP contribution in [0.15, 0.2) is 35.5 Å². The maximum Gasteiger partial charge on any atom is 0.337 e. The molecule has 0 aliphatic carbocycles. The van der Waals surface area contributed by atoms with Crippen molar-refractivity contribution >= 4 is 11.7 Å². The second-order valence-corrected chi connectivity index (χ2v) is 5.09. The molecule has 0 radical (unpaired) electrons. The summed E-state index contributed by atoms with van der Waals surface area (Å²) in [6, 6.07) is 11.2. The van der Waals surface area contributed by atoms with Crippen LogP contribution in [-0.2, 0) is 0 Å². The van der Waals surface area contributed by atoms with Crippen LogP contribution >= 0.6 is 0 Å². The van der Waals surface area contributed by atoms with Gasteiger partial charge in [0.15, 0.2) is 5.57 Å². The van der Waals surface area contributed by atoms with Gasteiger partial charge in [0, 0.05) is 11.4 Å². The third-order valence-electron chi connectivity index (χ3n) is 3.32. The van der Waals surface area contributed by atoms with Gasteiger partial charge in [-0.15, -0.1) is 0 Å². The van der Waals surface area contributed by atoms with Gasteiger partial charge in [-0.1, -0.05) is 0 Å². The molecule has 0 unspecified atom stereocenters. The molecule has 0 saturated carbocycles. The highest BCUT2D eigenvalue weighted by Crippen LogP contribution is 2.22. The van der Waals surface area contributed by atoms with Gasteiger partial charge in [0.1, 0.15) is 23.9 Å². The maximum absolute atomic E-state index is 11.6. The van der Waals surface area contributed by atoms with E-state index in [4.69, 9.17) is 15.8 Å². The smallest absolute Gasteiger partial charge is 0.337 e. The quantitative estimate of drug-likeness (QED) is 0.819. The van der Waals surface area contributed by atoms with Gasteiger partial charge in [-0.25, -0.2) is 9.48 Å². The summed E-state index contributed by atoms with van der Waals surface area (Å²) in [6.45, 7) is 3.61. The van der Waals surface area contributed by atoms with Crippen molar-refractivity contribution in [1.82, 2.24) is 9.78 Å². The standard InChI is InChI=1S/C17H12N6O2/c1-10-5-11(2)23(22-10)16-4-3-13(6-14(16)17(24)25)21-15(9-20)12(7-18)8-19/h3-6,21H,1-2H3,(H,24,25). The first-order chi connectivity index (χ1) is 11.9. The Morgan fingerprint density at radius 1 is 1.16 bits per heavy atom. The Bertz CT molecular complexity index is 995. The molecule has 0 aliphatic heterocycles. The summed E-state index contributed by atoms with van der Waals surface area (Å²) in [7, 11) is 0.